The largest absolute Gasteiger partial charge is 0.717 e. The minimum absolute atomic E-state index is 0.571. The average Bonchev–Trinajstić information content (AvgIpc) is 3.01. The molecule has 1 aromatic carbocycles. The lowest BCUT2D eigenvalue weighted by Gasteiger charge is -2.53. The standard InChI is InChI=1S/C35H96O12Si17/c1-26-27(2)29(52-40-48)32(55-43-51)30(53-41-49)28(26)31(54-42-50)33(36-64(44-59(14,15)16,45-60(17,18)19)46-61(20,21)22)62(23,24)47-63(25,35(3,4)39-58(11,12)13)34(37-56(5,6)7)38-57(8,9)10/h34H,52-55H2,1-25,48-51H3. The van der Waals surface area contributed by atoms with Gasteiger partial charge in [0.2, 0.25) is 8.32 Å². The van der Waals surface area contributed by atoms with Crippen LogP contribution in [0.4, 0.5) is 0 Å². The molecule has 1 rings (SSSR count). The Labute approximate surface area is 423 Å². The highest BCUT2D eigenvalue weighted by molar-refractivity contribution is 6.94. The molecule has 0 aromatic heterocycles. The van der Waals surface area contributed by atoms with Crippen LogP contribution in [0.2, 0.25) is 137 Å². The number of benzene rings is 1. The lowest BCUT2D eigenvalue weighted by molar-refractivity contribution is 0.0204. The van der Waals surface area contributed by atoms with Gasteiger partial charge in [-0.1, -0.05) is 0 Å². The molecule has 0 aliphatic heterocycles. The Morgan fingerprint density at radius 1 is 0.484 bits per heavy atom. The summed E-state index contributed by atoms with van der Waals surface area (Å²) in [7, 11) is -26.5. The van der Waals surface area contributed by atoms with Gasteiger partial charge in [0.25, 0.3) is 8.32 Å². The molecule has 0 fully saturated rings. The summed E-state index contributed by atoms with van der Waals surface area (Å²) in [5.41, 5.74) is 3.74. The molecule has 0 radical (unpaired) electrons. The highest BCUT2D eigenvalue weighted by Gasteiger charge is 2.63. The van der Waals surface area contributed by atoms with E-state index in [9.17, 15) is 0 Å². The van der Waals surface area contributed by atoms with Crippen molar-refractivity contribution in [3.63, 3.8) is 0 Å². The van der Waals surface area contributed by atoms with Gasteiger partial charge in [-0.25, -0.2) is 0 Å². The first-order valence-electron chi connectivity index (χ1n) is 22.8. The van der Waals surface area contributed by atoms with Crippen LogP contribution in [0.5, 0.6) is 0 Å². The Kier molecular flexibility index (Phi) is 24.2. The van der Waals surface area contributed by atoms with Gasteiger partial charge >= 0.3 is 9.05 Å². The third kappa shape index (κ3) is 20.3. The minimum atomic E-state index is -4.01. The SMILES string of the molecule is Cc1c(C)c(C([SiH2]O[SiH3])=C(O[Si](O[Si](C)(C)C)(O[Si](C)(C)C)O[Si](C)(C)C)[Si](C)(C)O[Si](C)(C(O[Si](C)(C)C)O[Si](C)(C)C)C(C)(C)O[Si](C)(C)C)c([SiH2]O[SiH3])c([SiH2]O[SiH3])c1[SiH2]O[SiH3]. The van der Waals surface area contributed by atoms with Crippen molar-refractivity contribution in [3.05, 3.63) is 22.1 Å². The van der Waals surface area contributed by atoms with Gasteiger partial charge in [0.1, 0.15) is 41.9 Å². The maximum Gasteiger partial charge on any atom is 0.717 e. The molecule has 64 heavy (non-hydrogen) atoms. The van der Waals surface area contributed by atoms with E-state index in [2.05, 4.69) is 165 Å². The van der Waals surface area contributed by atoms with E-state index < -0.39 is 126 Å². The van der Waals surface area contributed by atoms with Crippen LogP contribution in [0.3, 0.4) is 0 Å². The highest BCUT2D eigenvalue weighted by Crippen LogP contribution is 2.42. The van der Waals surface area contributed by atoms with Crippen molar-refractivity contribution >= 4 is 177 Å². The lowest BCUT2D eigenvalue weighted by atomic mass is 10.0. The quantitative estimate of drug-likeness (QED) is 0.0661. The molecule has 0 saturated carbocycles. The number of hydrogen-bond acceptors (Lipinski definition) is 12. The van der Waals surface area contributed by atoms with Crippen molar-refractivity contribution < 1.29 is 50.6 Å². The monoisotopic (exact) mass is 1180 g/mol. The normalized spacial score (nSPS) is 16.7. The van der Waals surface area contributed by atoms with Gasteiger partial charge in [0.15, 0.2) is 94.9 Å². The summed E-state index contributed by atoms with van der Waals surface area (Å²) in [6.45, 7) is 56.0. The molecule has 376 valence electrons. The Hall–Kier alpha value is 2.01. The topological polar surface area (TPSA) is 111 Å². The van der Waals surface area contributed by atoms with Gasteiger partial charge in [0, 0.05) is 5.20 Å². The zero-order valence-corrected chi connectivity index (χ0v) is 69.0. The summed E-state index contributed by atoms with van der Waals surface area (Å²) in [6.07, 6.45) is 0. The van der Waals surface area contributed by atoms with E-state index in [1.165, 1.54) is 32.3 Å². The Bertz CT molecular complexity index is 1660. The minimum Gasteiger partial charge on any atom is -0.487 e. The molecule has 0 heterocycles. The average molecular weight is 1190 g/mol. The molecule has 0 N–H and O–H groups in total. The maximum atomic E-state index is 8.27. The summed E-state index contributed by atoms with van der Waals surface area (Å²) in [4.78, 5) is 0. The second kappa shape index (κ2) is 24.2. The van der Waals surface area contributed by atoms with Crippen molar-refractivity contribution in [2.24, 2.45) is 0 Å². The zero-order valence-electron chi connectivity index (χ0n) is 46.3. The van der Waals surface area contributed by atoms with E-state index >= 15 is 0 Å². The fourth-order valence-electron chi connectivity index (χ4n) is 7.68. The molecule has 0 aliphatic rings. The molecule has 1 aromatic rings. The van der Waals surface area contributed by atoms with Crippen molar-refractivity contribution in [2.75, 3.05) is 0 Å². The summed E-state index contributed by atoms with van der Waals surface area (Å²) in [5, 5.41) is 5.30. The van der Waals surface area contributed by atoms with Crippen LogP contribution in [0, 0.1) is 13.8 Å². The smallest absolute Gasteiger partial charge is 0.487 e. The van der Waals surface area contributed by atoms with Crippen LogP contribution >= 0.6 is 0 Å². The van der Waals surface area contributed by atoms with Crippen LogP contribution in [-0.2, 0) is 50.6 Å². The molecule has 12 nitrogen and oxygen atoms in total. The van der Waals surface area contributed by atoms with Crippen LogP contribution in [0.1, 0.15) is 30.5 Å². The van der Waals surface area contributed by atoms with Gasteiger partial charge in [-0.3, -0.25) is 0 Å². The highest BCUT2D eigenvalue weighted by atomic mass is 28.5. The van der Waals surface area contributed by atoms with Gasteiger partial charge in [-0.2, -0.15) is 0 Å². The molecule has 0 bridgehead atoms. The van der Waals surface area contributed by atoms with E-state index in [0.29, 0.717) is 41.9 Å². The molecular weight excluding hydrogens is 1090 g/mol. The predicted octanol–water partition coefficient (Wildman–Crippen LogP) is 0.452. The van der Waals surface area contributed by atoms with Gasteiger partial charge in [-0.15, -0.1) is 0 Å². The van der Waals surface area contributed by atoms with E-state index in [1.54, 1.807) is 0 Å². The summed E-state index contributed by atoms with van der Waals surface area (Å²) >= 11 is 0. The molecule has 29 heteroatoms. The first kappa shape index (κ1) is 64.0. The molecule has 0 spiro atoms. The zero-order chi connectivity index (χ0) is 50.5. The van der Waals surface area contributed by atoms with Gasteiger partial charge in [0.05, 0.1) is 10.6 Å². The second-order valence-electron chi connectivity index (χ2n) is 24.1. The maximum absolute atomic E-state index is 8.27. The number of rotatable bonds is 28. The molecule has 0 amide bonds. The molecule has 1 atom stereocenters. The lowest BCUT2D eigenvalue weighted by Crippen LogP contribution is -2.73. The third-order valence-electron chi connectivity index (χ3n) is 9.81. The third-order valence-corrected chi connectivity index (χ3v) is 43.7. The van der Waals surface area contributed by atoms with Crippen molar-refractivity contribution in [1.29, 1.82) is 0 Å². The van der Waals surface area contributed by atoms with E-state index in [4.69, 9.17) is 50.6 Å². The molecule has 0 saturated heterocycles. The fourth-order valence-corrected chi connectivity index (χ4v) is 48.1. The van der Waals surface area contributed by atoms with Crippen LogP contribution < -0.4 is 15.6 Å². The Morgan fingerprint density at radius 3 is 1.22 bits per heavy atom. The van der Waals surface area contributed by atoms with E-state index in [0.717, 1.165) is 10.6 Å². The summed E-state index contributed by atoms with van der Waals surface area (Å²) < 4.78 is 85.8. The number of hydrogen-bond donors (Lipinski definition) is 0. The van der Waals surface area contributed by atoms with Crippen LogP contribution in [0.25, 0.3) is 5.20 Å². The first-order valence-corrected chi connectivity index (χ1v) is 58.7. The van der Waals surface area contributed by atoms with Crippen LogP contribution in [0.15, 0.2) is 5.38 Å². The summed E-state index contributed by atoms with van der Waals surface area (Å²) in [6, 6.07) is 0. The summed E-state index contributed by atoms with van der Waals surface area (Å²) in [5.74, 6) is -0.590. The van der Waals surface area contributed by atoms with Crippen molar-refractivity contribution in [3.8, 4) is 0 Å². The molecule has 0 aliphatic carbocycles. The second-order valence-corrected chi connectivity index (χ2v) is 75.2. The van der Waals surface area contributed by atoms with Crippen molar-refractivity contribution in [1.82, 2.24) is 0 Å². The van der Waals surface area contributed by atoms with Crippen LogP contribution in [-0.4, -0.2) is 168 Å². The van der Waals surface area contributed by atoms with Gasteiger partial charge in [-0.05, 0) is 197 Å². The molecular formula is C35H96O12Si17. The van der Waals surface area contributed by atoms with Crippen molar-refractivity contribution in [2.45, 2.75) is 176 Å². The first-order chi connectivity index (χ1) is 28.4. The van der Waals surface area contributed by atoms with E-state index in [1.807, 2.05) is 0 Å². The predicted molar refractivity (Wildman–Crippen MR) is 321 cm³/mol. The van der Waals surface area contributed by atoms with E-state index in [-0.39, 0.29) is 0 Å². The van der Waals surface area contributed by atoms with Gasteiger partial charge < -0.3 is 50.6 Å². The fraction of sp³-hybridized carbons (Fsp3) is 0.771. The molecule has 1 unspecified atom stereocenters. The Balaban J connectivity index is 5.14. The Morgan fingerprint density at radius 2 is 0.875 bits per heavy atom.